The van der Waals surface area contributed by atoms with Gasteiger partial charge in [-0.2, -0.15) is 0 Å². The van der Waals surface area contributed by atoms with Crippen LogP contribution < -0.4 is 0 Å². The molecule has 0 saturated carbocycles. The van der Waals surface area contributed by atoms with Crippen molar-refractivity contribution in [1.82, 2.24) is 0 Å². The minimum Gasteiger partial charge on any atom is -0.0616 e. The molecule has 0 saturated heterocycles. The van der Waals surface area contributed by atoms with Gasteiger partial charge in [0.05, 0.1) is 0 Å². The second-order valence-corrected chi connectivity index (χ2v) is 16.3. The van der Waals surface area contributed by atoms with Gasteiger partial charge in [0.2, 0.25) is 0 Å². The van der Waals surface area contributed by atoms with E-state index >= 15 is 0 Å². The molecule has 12 aromatic carbocycles. The van der Waals surface area contributed by atoms with E-state index in [0.29, 0.717) is 0 Å². The Morgan fingerprint density at radius 2 is 0.466 bits per heavy atom. The van der Waals surface area contributed by atoms with Crippen LogP contribution in [0.25, 0.3) is 142 Å². The summed E-state index contributed by atoms with van der Waals surface area (Å²) in [4.78, 5) is 0. The van der Waals surface area contributed by atoms with Crippen molar-refractivity contribution < 1.29 is 0 Å². The van der Waals surface area contributed by atoms with E-state index in [-0.39, 0.29) is 0 Å². The Balaban J connectivity index is 1.23. The quantitative estimate of drug-likeness (QED) is 0.156. The van der Waals surface area contributed by atoms with E-state index in [1.807, 2.05) is 0 Å². The van der Waals surface area contributed by atoms with Crippen molar-refractivity contribution in [2.45, 2.75) is 0 Å². The fraction of sp³-hybridized carbons (Fsp3) is 0. The van der Waals surface area contributed by atoms with Gasteiger partial charge in [-0.3, -0.25) is 0 Å². The monoisotopic (exact) mass is 728 g/mol. The van der Waals surface area contributed by atoms with Crippen molar-refractivity contribution in [1.29, 1.82) is 0 Å². The fourth-order valence-corrected chi connectivity index (χ4v) is 11.0. The Morgan fingerprint density at radius 3 is 0.879 bits per heavy atom. The number of hydrogen-bond donors (Lipinski definition) is 0. The number of fused-ring (bicyclic) bond motifs is 13. The van der Waals surface area contributed by atoms with Crippen molar-refractivity contribution in [3.8, 4) is 66.8 Å². The molecule has 264 valence electrons. The summed E-state index contributed by atoms with van der Waals surface area (Å²) in [7, 11) is 0. The highest BCUT2D eigenvalue weighted by Crippen LogP contribution is 2.55. The summed E-state index contributed by atoms with van der Waals surface area (Å²) < 4.78 is 0. The predicted octanol–water partition coefficient (Wildman–Crippen LogP) is 16.4. The summed E-state index contributed by atoms with van der Waals surface area (Å²) >= 11 is 0. The molecule has 0 radical (unpaired) electrons. The summed E-state index contributed by atoms with van der Waals surface area (Å²) in [5, 5.41) is 18.1. The molecule has 0 spiro atoms. The zero-order chi connectivity index (χ0) is 37.6. The first kappa shape index (κ1) is 30.7. The van der Waals surface area contributed by atoms with Crippen LogP contribution in [0.3, 0.4) is 0 Å². The lowest BCUT2D eigenvalue weighted by molar-refractivity contribution is 1.69. The van der Waals surface area contributed by atoms with Crippen molar-refractivity contribution in [3.63, 3.8) is 0 Å². The minimum absolute atomic E-state index is 1.25. The molecular formula is C58H32. The van der Waals surface area contributed by atoms with E-state index < -0.39 is 0 Å². The first-order valence-electron chi connectivity index (χ1n) is 20.3. The Labute approximate surface area is 334 Å². The lowest BCUT2D eigenvalue weighted by atomic mass is 9.82. The molecule has 0 unspecified atom stereocenters. The molecule has 0 aromatic heterocycles. The summed E-state index contributed by atoms with van der Waals surface area (Å²) in [6.45, 7) is 0. The first-order chi connectivity index (χ1) is 28.8. The van der Waals surface area contributed by atoms with Crippen LogP contribution in [-0.2, 0) is 0 Å². The molecule has 0 bridgehead atoms. The molecule has 0 fully saturated rings. The molecule has 0 heterocycles. The molecule has 14 rings (SSSR count). The summed E-state index contributed by atoms with van der Waals surface area (Å²) in [6.07, 6.45) is 0. The molecular weight excluding hydrogens is 697 g/mol. The highest BCUT2D eigenvalue weighted by molar-refractivity contribution is 6.32. The molecule has 0 amide bonds. The smallest absolute Gasteiger partial charge is 0.00137 e. The van der Waals surface area contributed by atoms with E-state index in [1.54, 1.807) is 0 Å². The minimum atomic E-state index is 1.25. The summed E-state index contributed by atoms with van der Waals surface area (Å²) in [5.74, 6) is 0. The Bertz CT molecular complexity index is 3570. The predicted molar refractivity (Wildman–Crippen MR) is 249 cm³/mol. The average Bonchev–Trinajstić information content (AvgIpc) is 3.77. The van der Waals surface area contributed by atoms with E-state index in [2.05, 4.69) is 194 Å². The lowest BCUT2D eigenvalue weighted by Crippen LogP contribution is -1.93. The number of benzene rings is 12. The van der Waals surface area contributed by atoms with Crippen LogP contribution in [0.2, 0.25) is 0 Å². The molecule has 2 aliphatic rings. The van der Waals surface area contributed by atoms with Gasteiger partial charge in [0.15, 0.2) is 0 Å². The van der Waals surface area contributed by atoms with Crippen molar-refractivity contribution >= 4 is 75.4 Å². The van der Waals surface area contributed by atoms with Crippen LogP contribution in [0.5, 0.6) is 0 Å². The Morgan fingerprint density at radius 1 is 0.155 bits per heavy atom. The normalized spacial score (nSPS) is 12.5. The van der Waals surface area contributed by atoms with Gasteiger partial charge >= 0.3 is 0 Å². The van der Waals surface area contributed by atoms with Crippen molar-refractivity contribution in [2.75, 3.05) is 0 Å². The van der Waals surface area contributed by atoms with Crippen molar-refractivity contribution in [2.24, 2.45) is 0 Å². The Hall–Kier alpha value is -7.54. The molecule has 0 atom stereocenters. The van der Waals surface area contributed by atoms with Gasteiger partial charge in [0, 0.05) is 0 Å². The highest BCUT2D eigenvalue weighted by Gasteiger charge is 2.27. The third-order valence-corrected chi connectivity index (χ3v) is 13.4. The van der Waals surface area contributed by atoms with Crippen LogP contribution in [0.15, 0.2) is 194 Å². The second-order valence-electron chi connectivity index (χ2n) is 16.3. The van der Waals surface area contributed by atoms with Gasteiger partial charge in [0.1, 0.15) is 0 Å². The maximum Gasteiger partial charge on any atom is -0.00137 e. The van der Waals surface area contributed by atoms with E-state index in [4.69, 9.17) is 0 Å². The van der Waals surface area contributed by atoms with Crippen LogP contribution in [0, 0.1) is 0 Å². The average molecular weight is 729 g/mol. The van der Waals surface area contributed by atoms with Gasteiger partial charge in [-0.25, -0.2) is 0 Å². The summed E-state index contributed by atoms with van der Waals surface area (Å²) in [5.41, 5.74) is 15.6. The summed E-state index contributed by atoms with van der Waals surface area (Å²) in [6, 6.07) is 73.6. The fourth-order valence-electron chi connectivity index (χ4n) is 11.0. The largest absolute Gasteiger partial charge is 0.0616 e. The zero-order valence-corrected chi connectivity index (χ0v) is 31.5. The molecule has 2 aliphatic carbocycles. The highest BCUT2D eigenvalue weighted by atomic mass is 14.3. The first-order valence-corrected chi connectivity index (χ1v) is 20.3. The van der Waals surface area contributed by atoms with Gasteiger partial charge in [-0.1, -0.05) is 158 Å². The molecule has 12 aromatic rings. The maximum atomic E-state index is 2.53. The van der Waals surface area contributed by atoms with Gasteiger partial charge in [-0.05, 0) is 179 Å². The van der Waals surface area contributed by atoms with Gasteiger partial charge in [0.25, 0.3) is 0 Å². The lowest BCUT2D eigenvalue weighted by Gasteiger charge is -2.21. The van der Waals surface area contributed by atoms with Crippen molar-refractivity contribution in [3.05, 3.63) is 194 Å². The molecule has 0 heteroatoms. The third-order valence-electron chi connectivity index (χ3n) is 13.4. The van der Waals surface area contributed by atoms with Gasteiger partial charge in [-0.15, -0.1) is 0 Å². The number of rotatable bonds is 2. The van der Waals surface area contributed by atoms with Gasteiger partial charge < -0.3 is 0 Å². The molecule has 58 heavy (non-hydrogen) atoms. The topological polar surface area (TPSA) is 0 Å². The Kier molecular flexibility index (Phi) is 5.85. The third kappa shape index (κ3) is 3.94. The van der Waals surface area contributed by atoms with E-state index in [1.165, 1.54) is 142 Å². The second kappa shape index (κ2) is 11.1. The van der Waals surface area contributed by atoms with Crippen LogP contribution in [0.4, 0.5) is 0 Å². The standard InChI is InChI=1S/C58H32/c1-3-19-39-33(11-1)13-5-21-41(39)53-29-37-27-49-43-23-7-15-35-18-10-26-46(55(35)43)52(49)32-48(37)58-54(42-22-6-14-34-12-2-4-20-40(34)42)30-38-28-50-44-24-8-16-36-17-9-25-45(56(36)44)51(50)31-47(38)57(53)58/h1-32H. The van der Waals surface area contributed by atoms with E-state index in [9.17, 15) is 0 Å². The number of hydrogen-bond acceptors (Lipinski definition) is 0. The van der Waals surface area contributed by atoms with E-state index in [0.717, 1.165) is 0 Å². The van der Waals surface area contributed by atoms with Crippen LogP contribution in [0.1, 0.15) is 0 Å². The molecule has 0 N–H and O–H groups in total. The molecule has 0 aliphatic heterocycles. The SMILES string of the molecule is c1ccc2c(-c3cc4cc5c(cc4c4c(-c6cccc7ccccc67)cc6cc7c(cc6c34)-c3cccc4cccc-7c34)-c3cccc4cccc-5c34)cccc2c1. The zero-order valence-electron chi connectivity index (χ0n) is 31.5. The van der Waals surface area contributed by atoms with Crippen LogP contribution in [-0.4, -0.2) is 0 Å². The maximum absolute atomic E-state index is 2.53. The van der Waals surface area contributed by atoms with Crippen LogP contribution >= 0.6 is 0 Å². The molecule has 0 nitrogen and oxygen atoms in total.